The molecular weight excluding hydrogens is 336 g/mol. The molecule has 21 heavy (non-hydrogen) atoms. The fourth-order valence-electron chi connectivity index (χ4n) is 2.31. The molecule has 1 heterocycles. The Balaban J connectivity index is 2.37. The molecule has 112 valence electrons. The van der Waals surface area contributed by atoms with Crippen molar-refractivity contribution in [3.05, 3.63) is 55.3 Å². The van der Waals surface area contributed by atoms with Crippen LogP contribution < -0.4 is 5.32 Å². The molecule has 1 aromatic carbocycles. The molecule has 1 aromatic heterocycles. The van der Waals surface area contributed by atoms with Gasteiger partial charge in [-0.3, -0.25) is 14.8 Å². The molecular formula is C14H17BrN4O2. The third kappa shape index (κ3) is 3.14. The third-order valence-electron chi connectivity index (χ3n) is 3.46. The summed E-state index contributed by atoms with van der Waals surface area (Å²) in [5.41, 5.74) is 4.12. The van der Waals surface area contributed by atoms with Crippen molar-refractivity contribution in [1.82, 2.24) is 15.1 Å². The number of hydrogen-bond donors (Lipinski definition) is 1. The lowest BCUT2D eigenvalue weighted by atomic mass is 10.2. The summed E-state index contributed by atoms with van der Waals surface area (Å²) in [4.78, 5) is 10.6. The molecule has 0 aliphatic carbocycles. The van der Waals surface area contributed by atoms with Gasteiger partial charge in [0.05, 0.1) is 17.2 Å². The van der Waals surface area contributed by atoms with Crippen LogP contribution in [0.15, 0.2) is 22.7 Å². The van der Waals surface area contributed by atoms with E-state index in [9.17, 15) is 10.1 Å². The average molecular weight is 353 g/mol. The molecule has 0 spiro atoms. The first kappa shape index (κ1) is 15.7. The van der Waals surface area contributed by atoms with Crippen molar-refractivity contribution in [3.63, 3.8) is 0 Å². The lowest BCUT2D eigenvalue weighted by Gasteiger charge is -2.08. The van der Waals surface area contributed by atoms with Crippen LogP contribution in [0.5, 0.6) is 0 Å². The number of halogens is 1. The van der Waals surface area contributed by atoms with E-state index in [0.717, 1.165) is 23.5 Å². The summed E-state index contributed by atoms with van der Waals surface area (Å²) >= 11 is 3.32. The van der Waals surface area contributed by atoms with Crippen LogP contribution in [0.1, 0.15) is 22.5 Å². The Hall–Kier alpha value is -1.73. The largest absolute Gasteiger partial charge is 0.316 e. The van der Waals surface area contributed by atoms with E-state index < -0.39 is 0 Å². The molecule has 0 bridgehead atoms. The summed E-state index contributed by atoms with van der Waals surface area (Å²) in [6.07, 6.45) is 0. The summed E-state index contributed by atoms with van der Waals surface area (Å²) in [7, 11) is 1.90. The first-order chi connectivity index (χ1) is 9.95. The van der Waals surface area contributed by atoms with Crippen LogP contribution in [0, 0.1) is 24.0 Å². The zero-order valence-corrected chi connectivity index (χ0v) is 13.8. The second kappa shape index (κ2) is 6.36. The van der Waals surface area contributed by atoms with Crippen molar-refractivity contribution in [2.75, 3.05) is 7.05 Å². The van der Waals surface area contributed by atoms with Gasteiger partial charge in [0.15, 0.2) is 0 Å². The second-order valence-electron chi connectivity index (χ2n) is 4.84. The number of nitro benzene ring substituents is 1. The highest BCUT2D eigenvalue weighted by atomic mass is 79.9. The van der Waals surface area contributed by atoms with Gasteiger partial charge in [0.25, 0.3) is 5.69 Å². The van der Waals surface area contributed by atoms with Crippen molar-refractivity contribution in [2.45, 2.75) is 26.9 Å². The monoisotopic (exact) mass is 352 g/mol. The van der Waals surface area contributed by atoms with Gasteiger partial charge in [0, 0.05) is 23.9 Å². The SMILES string of the molecule is CNCc1c(C)nn(Cc2cccc([N+](=O)[O-])c2Br)c1C. The van der Waals surface area contributed by atoms with E-state index in [1.54, 1.807) is 6.07 Å². The van der Waals surface area contributed by atoms with E-state index in [4.69, 9.17) is 0 Å². The van der Waals surface area contributed by atoms with Gasteiger partial charge in [-0.05, 0) is 42.4 Å². The summed E-state index contributed by atoms with van der Waals surface area (Å²) in [5, 5.41) is 18.6. The normalized spacial score (nSPS) is 10.9. The smallest absolute Gasteiger partial charge is 0.283 e. The molecule has 0 saturated heterocycles. The second-order valence-corrected chi connectivity index (χ2v) is 5.64. The lowest BCUT2D eigenvalue weighted by Crippen LogP contribution is -2.08. The Morgan fingerprint density at radius 1 is 1.43 bits per heavy atom. The lowest BCUT2D eigenvalue weighted by molar-refractivity contribution is -0.385. The van der Waals surface area contributed by atoms with Crippen LogP contribution in [-0.4, -0.2) is 21.8 Å². The van der Waals surface area contributed by atoms with E-state index in [1.807, 2.05) is 31.6 Å². The molecule has 0 atom stereocenters. The Morgan fingerprint density at radius 3 is 2.76 bits per heavy atom. The van der Waals surface area contributed by atoms with Crippen LogP contribution in [0.4, 0.5) is 5.69 Å². The quantitative estimate of drug-likeness (QED) is 0.663. The van der Waals surface area contributed by atoms with Crippen molar-refractivity contribution in [1.29, 1.82) is 0 Å². The molecule has 2 aromatic rings. The highest BCUT2D eigenvalue weighted by Crippen LogP contribution is 2.29. The molecule has 7 heteroatoms. The Morgan fingerprint density at radius 2 is 2.14 bits per heavy atom. The van der Waals surface area contributed by atoms with Crippen LogP contribution >= 0.6 is 15.9 Å². The molecule has 6 nitrogen and oxygen atoms in total. The number of aryl methyl sites for hydroxylation is 1. The summed E-state index contributed by atoms with van der Waals surface area (Å²) < 4.78 is 2.39. The standard InChI is InChI=1S/C14H17BrN4O2/c1-9-12(7-16-3)10(2)18(17-9)8-11-5-4-6-13(14(11)15)19(20)21/h4-6,16H,7-8H2,1-3H3. The molecule has 0 radical (unpaired) electrons. The number of nitro groups is 1. The van der Waals surface area contributed by atoms with Crippen LogP contribution in [0.25, 0.3) is 0 Å². The molecule has 1 N–H and O–H groups in total. The van der Waals surface area contributed by atoms with E-state index >= 15 is 0 Å². The Labute approximate surface area is 131 Å². The van der Waals surface area contributed by atoms with Crippen LogP contribution in [-0.2, 0) is 13.1 Å². The van der Waals surface area contributed by atoms with E-state index in [-0.39, 0.29) is 10.6 Å². The molecule has 0 fully saturated rings. The zero-order chi connectivity index (χ0) is 15.6. The van der Waals surface area contributed by atoms with Gasteiger partial charge < -0.3 is 5.32 Å². The molecule has 0 amide bonds. The zero-order valence-electron chi connectivity index (χ0n) is 12.2. The van der Waals surface area contributed by atoms with E-state index in [0.29, 0.717) is 11.0 Å². The van der Waals surface area contributed by atoms with Gasteiger partial charge in [0.1, 0.15) is 4.47 Å². The summed E-state index contributed by atoms with van der Waals surface area (Å²) in [6, 6.07) is 5.05. The fourth-order valence-corrected chi connectivity index (χ4v) is 2.85. The maximum atomic E-state index is 11.0. The minimum atomic E-state index is -0.388. The number of hydrogen-bond acceptors (Lipinski definition) is 4. The van der Waals surface area contributed by atoms with Crippen LogP contribution in [0.3, 0.4) is 0 Å². The number of nitrogens with one attached hydrogen (secondary N) is 1. The molecule has 0 saturated carbocycles. The highest BCUT2D eigenvalue weighted by Gasteiger charge is 2.17. The number of rotatable bonds is 5. The van der Waals surface area contributed by atoms with E-state index in [1.165, 1.54) is 11.6 Å². The Kier molecular flexibility index (Phi) is 4.74. The molecule has 0 unspecified atom stereocenters. The Bertz CT molecular complexity index is 682. The maximum absolute atomic E-state index is 11.0. The minimum Gasteiger partial charge on any atom is -0.316 e. The predicted octanol–water partition coefficient (Wildman–Crippen LogP) is 2.94. The maximum Gasteiger partial charge on any atom is 0.283 e. The van der Waals surface area contributed by atoms with Gasteiger partial charge in [-0.1, -0.05) is 12.1 Å². The van der Waals surface area contributed by atoms with Gasteiger partial charge in [0.2, 0.25) is 0 Å². The topological polar surface area (TPSA) is 73.0 Å². The highest BCUT2D eigenvalue weighted by molar-refractivity contribution is 9.10. The fraction of sp³-hybridized carbons (Fsp3) is 0.357. The predicted molar refractivity (Wildman–Crippen MR) is 84.4 cm³/mol. The minimum absolute atomic E-state index is 0.0736. The first-order valence-electron chi connectivity index (χ1n) is 6.55. The van der Waals surface area contributed by atoms with Gasteiger partial charge in [-0.15, -0.1) is 0 Å². The van der Waals surface area contributed by atoms with Crippen molar-refractivity contribution in [2.24, 2.45) is 0 Å². The van der Waals surface area contributed by atoms with Gasteiger partial charge in [-0.25, -0.2) is 0 Å². The molecule has 2 rings (SSSR count). The first-order valence-corrected chi connectivity index (χ1v) is 7.34. The number of aromatic nitrogens is 2. The van der Waals surface area contributed by atoms with Crippen molar-refractivity contribution >= 4 is 21.6 Å². The van der Waals surface area contributed by atoms with E-state index in [2.05, 4.69) is 26.3 Å². The number of nitrogens with zero attached hydrogens (tertiary/aromatic N) is 3. The van der Waals surface area contributed by atoms with Gasteiger partial charge >= 0.3 is 0 Å². The molecule has 0 aliphatic rings. The summed E-state index contributed by atoms with van der Waals surface area (Å²) in [6.45, 7) is 5.24. The van der Waals surface area contributed by atoms with Crippen LogP contribution in [0.2, 0.25) is 0 Å². The number of benzene rings is 1. The van der Waals surface area contributed by atoms with Gasteiger partial charge in [-0.2, -0.15) is 5.10 Å². The van der Waals surface area contributed by atoms with Crippen molar-refractivity contribution < 1.29 is 4.92 Å². The third-order valence-corrected chi connectivity index (χ3v) is 4.38. The summed E-state index contributed by atoms with van der Waals surface area (Å²) in [5.74, 6) is 0. The average Bonchev–Trinajstić information content (AvgIpc) is 2.69. The van der Waals surface area contributed by atoms with Crippen molar-refractivity contribution in [3.8, 4) is 0 Å². The molecule has 0 aliphatic heterocycles.